The number of ether oxygens (including phenoxy) is 1. The number of hydrogen-bond acceptors (Lipinski definition) is 4. The van der Waals surface area contributed by atoms with Gasteiger partial charge < -0.3 is 20.7 Å². The summed E-state index contributed by atoms with van der Waals surface area (Å²) in [5, 5.41) is 9.42. The van der Waals surface area contributed by atoms with Gasteiger partial charge in [-0.15, -0.1) is 0 Å². The molecule has 0 bridgehead atoms. The third-order valence-electron chi connectivity index (χ3n) is 3.33. The molecule has 0 aromatic heterocycles. The van der Waals surface area contributed by atoms with Crippen molar-refractivity contribution in [2.45, 2.75) is 19.0 Å². The number of benzene rings is 1. The number of rotatable bonds is 4. The molecule has 104 valence electrons. The Morgan fingerprint density at radius 1 is 1.37 bits per heavy atom. The number of nitrogens with one attached hydrogen (secondary N) is 3. The molecule has 19 heavy (non-hydrogen) atoms. The minimum Gasteiger partial charge on any atom is -0.497 e. The van der Waals surface area contributed by atoms with Gasteiger partial charge in [0, 0.05) is 19.6 Å². The SMILES string of the molecule is COc1ccc(C(C)NC(=O)C2CNCCN2)cc1. The molecular weight excluding hydrogens is 242 g/mol. The van der Waals surface area contributed by atoms with E-state index in [2.05, 4.69) is 16.0 Å². The van der Waals surface area contributed by atoms with Gasteiger partial charge in [0.25, 0.3) is 0 Å². The second-order valence-electron chi connectivity index (χ2n) is 4.71. The summed E-state index contributed by atoms with van der Waals surface area (Å²) >= 11 is 0. The summed E-state index contributed by atoms with van der Waals surface area (Å²) in [5.74, 6) is 0.857. The zero-order valence-electron chi connectivity index (χ0n) is 11.4. The van der Waals surface area contributed by atoms with E-state index in [1.54, 1.807) is 7.11 Å². The van der Waals surface area contributed by atoms with Crippen molar-refractivity contribution in [1.82, 2.24) is 16.0 Å². The van der Waals surface area contributed by atoms with Gasteiger partial charge >= 0.3 is 0 Å². The molecule has 0 saturated carbocycles. The van der Waals surface area contributed by atoms with Crippen molar-refractivity contribution in [2.75, 3.05) is 26.7 Å². The average Bonchev–Trinajstić information content (AvgIpc) is 2.48. The van der Waals surface area contributed by atoms with Gasteiger partial charge in [0.1, 0.15) is 5.75 Å². The Kier molecular flexibility index (Phi) is 4.76. The summed E-state index contributed by atoms with van der Waals surface area (Å²) in [5.41, 5.74) is 1.07. The van der Waals surface area contributed by atoms with E-state index in [9.17, 15) is 4.79 Å². The molecule has 1 amide bonds. The Morgan fingerprint density at radius 3 is 2.68 bits per heavy atom. The van der Waals surface area contributed by atoms with Gasteiger partial charge in [0.2, 0.25) is 5.91 Å². The Hall–Kier alpha value is -1.59. The van der Waals surface area contributed by atoms with E-state index in [-0.39, 0.29) is 18.0 Å². The molecule has 0 radical (unpaired) electrons. The molecule has 2 atom stereocenters. The zero-order chi connectivity index (χ0) is 13.7. The molecule has 1 saturated heterocycles. The summed E-state index contributed by atoms with van der Waals surface area (Å²) in [6.07, 6.45) is 0. The summed E-state index contributed by atoms with van der Waals surface area (Å²) in [7, 11) is 1.64. The van der Waals surface area contributed by atoms with E-state index in [1.165, 1.54) is 0 Å². The van der Waals surface area contributed by atoms with Crippen LogP contribution in [0, 0.1) is 0 Å². The molecule has 0 spiro atoms. The van der Waals surface area contributed by atoms with Crippen LogP contribution >= 0.6 is 0 Å². The first-order valence-corrected chi connectivity index (χ1v) is 6.59. The van der Waals surface area contributed by atoms with E-state index >= 15 is 0 Å². The van der Waals surface area contributed by atoms with Crippen molar-refractivity contribution in [3.05, 3.63) is 29.8 Å². The number of methoxy groups -OCH3 is 1. The number of amides is 1. The van der Waals surface area contributed by atoms with Gasteiger partial charge in [-0.1, -0.05) is 12.1 Å². The molecule has 2 unspecified atom stereocenters. The van der Waals surface area contributed by atoms with Crippen LogP contribution in [0.25, 0.3) is 0 Å². The average molecular weight is 263 g/mol. The van der Waals surface area contributed by atoms with Crippen LogP contribution < -0.4 is 20.7 Å². The predicted octanol–water partition coefficient (Wildman–Crippen LogP) is 0.434. The smallest absolute Gasteiger partial charge is 0.238 e. The highest BCUT2D eigenvalue weighted by molar-refractivity contribution is 5.82. The standard InChI is InChI=1S/C14H21N3O2/c1-10(11-3-5-12(19-2)6-4-11)17-14(18)13-9-15-7-8-16-13/h3-6,10,13,15-16H,7-9H2,1-2H3,(H,17,18). The van der Waals surface area contributed by atoms with Crippen LogP contribution in [-0.4, -0.2) is 38.7 Å². The summed E-state index contributed by atoms with van der Waals surface area (Å²) < 4.78 is 5.12. The lowest BCUT2D eigenvalue weighted by Crippen LogP contribution is -2.55. The lowest BCUT2D eigenvalue weighted by molar-refractivity contribution is -0.124. The highest BCUT2D eigenvalue weighted by Crippen LogP contribution is 2.17. The second kappa shape index (κ2) is 6.54. The van der Waals surface area contributed by atoms with Gasteiger partial charge in [0.15, 0.2) is 0 Å². The second-order valence-corrected chi connectivity index (χ2v) is 4.71. The predicted molar refractivity (Wildman–Crippen MR) is 74.2 cm³/mol. The van der Waals surface area contributed by atoms with Gasteiger partial charge in [-0.05, 0) is 24.6 Å². The van der Waals surface area contributed by atoms with Crippen molar-refractivity contribution in [1.29, 1.82) is 0 Å². The Balaban J connectivity index is 1.91. The number of carbonyl (C=O) groups is 1. The van der Waals surface area contributed by atoms with Crippen molar-refractivity contribution in [3.8, 4) is 5.75 Å². The molecule has 1 aromatic rings. The Bertz CT molecular complexity index is 413. The van der Waals surface area contributed by atoms with Crippen molar-refractivity contribution in [2.24, 2.45) is 0 Å². The first kappa shape index (κ1) is 13.8. The summed E-state index contributed by atoms with van der Waals surface area (Å²) in [6.45, 7) is 4.41. The van der Waals surface area contributed by atoms with Gasteiger partial charge in [-0.25, -0.2) is 0 Å². The first-order valence-electron chi connectivity index (χ1n) is 6.59. The van der Waals surface area contributed by atoms with Crippen molar-refractivity contribution < 1.29 is 9.53 Å². The maximum atomic E-state index is 12.1. The normalized spacial score (nSPS) is 20.6. The van der Waals surface area contributed by atoms with E-state index in [0.29, 0.717) is 6.54 Å². The quantitative estimate of drug-likeness (QED) is 0.737. The maximum Gasteiger partial charge on any atom is 0.238 e. The van der Waals surface area contributed by atoms with Crippen LogP contribution in [0.5, 0.6) is 5.75 Å². The van der Waals surface area contributed by atoms with E-state index in [1.807, 2.05) is 31.2 Å². The Labute approximate surface area is 113 Å². The van der Waals surface area contributed by atoms with E-state index in [0.717, 1.165) is 24.4 Å². The molecule has 0 aliphatic carbocycles. The topological polar surface area (TPSA) is 62.4 Å². The number of carbonyl (C=O) groups excluding carboxylic acids is 1. The summed E-state index contributed by atoms with van der Waals surface area (Å²) in [4.78, 5) is 12.1. The van der Waals surface area contributed by atoms with Crippen LogP contribution in [0.2, 0.25) is 0 Å². The van der Waals surface area contributed by atoms with Crippen LogP contribution in [0.1, 0.15) is 18.5 Å². The maximum absolute atomic E-state index is 12.1. The van der Waals surface area contributed by atoms with Crippen molar-refractivity contribution in [3.63, 3.8) is 0 Å². The monoisotopic (exact) mass is 263 g/mol. The molecule has 1 heterocycles. The first-order chi connectivity index (χ1) is 9.20. The molecular formula is C14H21N3O2. The largest absolute Gasteiger partial charge is 0.497 e. The fourth-order valence-corrected chi connectivity index (χ4v) is 2.13. The minimum atomic E-state index is -0.144. The minimum absolute atomic E-state index is 0.0119. The third-order valence-corrected chi connectivity index (χ3v) is 3.33. The van der Waals surface area contributed by atoms with Crippen LogP contribution in [-0.2, 0) is 4.79 Å². The lowest BCUT2D eigenvalue weighted by Gasteiger charge is -2.25. The molecule has 1 aromatic carbocycles. The number of hydrogen-bond donors (Lipinski definition) is 3. The zero-order valence-corrected chi connectivity index (χ0v) is 11.4. The number of piperazine rings is 1. The lowest BCUT2D eigenvalue weighted by atomic mass is 10.1. The molecule has 3 N–H and O–H groups in total. The highest BCUT2D eigenvalue weighted by Gasteiger charge is 2.21. The molecule has 2 rings (SSSR count). The van der Waals surface area contributed by atoms with Crippen LogP contribution in [0.4, 0.5) is 0 Å². The molecule has 5 nitrogen and oxygen atoms in total. The molecule has 1 aliphatic rings. The van der Waals surface area contributed by atoms with Gasteiger partial charge in [-0.2, -0.15) is 0 Å². The van der Waals surface area contributed by atoms with Crippen LogP contribution in [0.15, 0.2) is 24.3 Å². The fraction of sp³-hybridized carbons (Fsp3) is 0.500. The molecule has 1 aliphatic heterocycles. The third kappa shape index (κ3) is 3.68. The van der Waals surface area contributed by atoms with Gasteiger partial charge in [0.05, 0.1) is 19.2 Å². The van der Waals surface area contributed by atoms with Crippen molar-refractivity contribution >= 4 is 5.91 Å². The summed E-state index contributed by atoms with van der Waals surface area (Å²) in [6, 6.07) is 7.58. The Morgan fingerprint density at radius 2 is 2.11 bits per heavy atom. The molecule has 1 fully saturated rings. The van der Waals surface area contributed by atoms with Crippen LogP contribution in [0.3, 0.4) is 0 Å². The highest BCUT2D eigenvalue weighted by atomic mass is 16.5. The van der Waals surface area contributed by atoms with E-state index < -0.39 is 0 Å². The fourth-order valence-electron chi connectivity index (χ4n) is 2.13. The van der Waals surface area contributed by atoms with Gasteiger partial charge in [-0.3, -0.25) is 4.79 Å². The molecule has 5 heteroatoms. The van der Waals surface area contributed by atoms with E-state index in [4.69, 9.17) is 4.74 Å².